The molecule has 2 aliphatic carbocycles. The molecule has 0 radical (unpaired) electrons. The molecule has 1 heterocycles. The Labute approximate surface area is 150 Å². The Bertz CT molecular complexity index is 712. The van der Waals surface area contributed by atoms with E-state index < -0.39 is 0 Å². The molecule has 0 aliphatic heterocycles. The second-order valence-corrected chi connectivity index (χ2v) is 7.62. The van der Waals surface area contributed by atoms with Gasteiger partial charge in [-0.25, -0.2) is 0 Å². The topological polar surface area (TPSA) is 34.1 Å². The number of aryl methyl sites for hydroxylation is 1. The van der Waals surface area contributed by atoms with E-state index in [-0.39, 0.29) is 0 Å². The molecule has 1 N–H and O–H groups in total. The van der Waals surface area contributed by atoms with E-state index in [1.54, 1.807) is 7.11 Å². The minimum atomic E-state index is 0.589. The lowest BCUT2D eigenvalue weighted by atomic mass is 9.53. The van der Waals surface area contributed by atoms with Crippen LogP contribution in [0.15, 0.2) is 42.7 Å². The van der Waals surface area contributed by atoms with E-state index in [1.807, 2.05) is 12.4 Å². The third-order valence-electron chi connectivity index (χ3n) is 6.35. The Balaban J connectivity index is 1.52. The maximum absolute atomic E-state index is 5.33. The predicted molar refractivity (Wildman–Crippen MR) is 101 cm³/mol. The molecule has 4 atom stereocenters. The van der Waals surface area contributed by atoms with Gasteiger partial charge in [-0.2, -0.15) is 0 Å². The number of pyridine rings is 1. The maximum Gasteiger partial charge on any atom is 0.118 e. The number of fused-ring (bicyclic) bond motifs is 1. The molecule has 0 bridgehead atoms. The zero-order valence-corrected chi connectivity index (χ0v) is 15.2. The highest BCUT2D eigenvalue weighted by Gasteiger charge is 2.50. The van der Waals surface area contributed by atoms with Crippen LogP contribution in [-0.2, 0) is 6.54 Å². The van der Waals surface area contributed by atoms with Crippen LogP contribution in [0.1, 0.15) is 48.3 Å². The summed E-state index contributed by atoms with van der Waals surface area (Å²) >= 11 is 0. The highest BCUT2D eigenvalue weighted by atomic mass is 16.5. The van der Waals surface area contributed by atoms with Crippen molar-refractivity contribution in [3.05, 3.63) is 59.4 Å². The van der Waals surface area contributed by atoms with Gasteiger partial charge in [-0.05, 0) is 66.5 Å². The van der Waals surface area contributed by atoms with Gasteiger partial charge in [-0.15, -0.1) is 0 Å². The van der Waals surface area contributed by atoms with Gasteiger partial charge >= 0.3 is 0 Å². The van der Waals surface area contributed by atoms with Crippen LogP contribution in [0, 0.1) is 18.8 Å². The molecule has 2 aromatic rings. The molecule has 132 valence electrons. The van der Waals surface area contributed by atoms with E-state index >= 15 is 0 Å². The molecule has 4 rings (SSSR count). The molecule has 0 unspecified atom stereocenters. The average Bonchev–Trinajstić information content (AvgIpc) is 2.65. The van der Waals surface area contributed by atoms with E-state index in [1.165, 1.54) is 42.4 Å². The number of nitrogens with one attached hydrogen (secondary N) is 1. The van der Waals surface area contributed by atoms with Crippen molar-refractivity contribution in [3.63, 3.8) is 0 Å². The normalized spacial score (nSPS) is 28.1. The zero-order valence-electron chi connectivity index (χ0n) is 15.2. The number of hydrogen-bond acceptors (Lipinski definition) is 3. The first-order valence-electron chi connectivity index (χ1n) is 9.55. The lowest BCUT2D eigenvalue weighted by Gasteiger charge is -2.55. The molecule has 2 saturated carbocycles. The average molecular weight is 336 g/mol. The molecule has 2 fully saturated rings. The van der Waals surface area contributed by atoms with Gasteiger partial charge < -0.3 is 10.1 Å². The van der Waals surface area contributed by atoms with Crippen LogP contribution in [0.5, 0.6) is 5.75 Å². The first-order valence-corrected chi connectivity index (χ1v) is 9.55. The second-order valence-electron chi connectivity index (χ2n) is 7.62. The molecular weight excluding hydrogens is 308 g/mol. The molecule has 1 aromatic carbocycles. The molecule has 1 aromatic heterocycles. The van der Waals surface area contributed by atoms with Crippen molar-refractivity contribution in [1.82, 2.24) is 10.3 Å². The minimum Gasteiger partial charge on any atom is -0.497 e. The van der Waals surface area contributed by atoms with Crippen LogP contribution in [0.2, 0.25) is 0 Å². The van der Waals surface area contributed by atoms with Gasteiger partial charge in [0.1, 0.15) is 5.75 Å². The van der Waals surface area contributed by atoms with Crippen LogP contribution in [0.3, 0.4) is 0 Å². The van der Waals surface area contributed by atoms with Gasteiger partial charge in [-0.1, -0.05) is 25.0 Å². The smallest absolute Gasteiger partial charge is 0.118 e. The van der Waals surface area contributed by atoms with Gasteiger partial charge in [0.2, 0.25) is 0 Å². The first kappa shape index (κ1) is 16.6. The van der Waals surface area contributed by atoms with E-state index in [0.29, 0.717) is 12.0 Å². The van der Waals surface area contributed by atoms with Gasteiger partial charge in [0, 0.05) is 30.9 Å². The van der Waals surface area contributed by atoms with Crippen molar-refractivity contribution in [1.29, 1.82) is 0 Å². The summed E-state index contributed by atoms with van der Waals surface area (Å²) in [6, 6.07) is 11.5. The van der Waals surface area contributed by atoms with Crippen molar-refractivity contribution < 1.29 is 4.74 Å². The quantitative estimate of drug-likeness (QED) is 0.875. The maximum atomic E-state index is 5.33. The fourth-order valence-electron chi connectivity index (χ4n) is 4.95. The SMILES string of the molecule is COc1ccc([C@H]2[C@H]3CCCC[C@H]3[C@@H]2NCc2ccncc2C)cc1. The molecular formula is C22H28N2O. The second kappa shape index (κ2) is 7.17. The lowest BCUT2D eigenvalue weighted by Crippen LogP contribution is -2.57. The Hall–Kier alpha value is -1.87. The summed E-state index contributed by atoms with van der Waals surface area (Å²) in [5, 5.41) is 3.89. The third-order valence-corrected chi connectivity index (χ3v) is 6.35. The molecule has 25 heavy (non-hydrogen) atoms. The Morgan fingerprint density at radius 1 is 1.08 bits per heavy atom. The van der Waals surface area contributed by atoms with Crippen molar-refractivity contribution in [2.45, 2.75) is 51.1 Å². The highest BCUT2D eigenvalue weighted by molar-refractivity contribution is 5.34. The number of rotatable bonds is 5. The van der Waals surface area contributed by atoms with Crippen molar-refractivity contribution >= 4 is 0 Å². The molecule has 3 heteroatoms. The van der Waals surface area contributed by atoms with E-state index in [9.17, 15) is 0 Å². The first-order chi connectivity index (χ1) is 12.3. The zero-order chi connectivity index (χ0) is 17.2. The van der Waals surface area contributed by atoms with Gasteiger partial charge in [-0.3, -0.25) is 4.98 Å². The number of ether oxygens (including phenoxy) is 1. The number of aromatic nitrogens is 1. The van der Waals surface area contributed by atoms with Gasteiger partial charge in [0.15, 0.2) is 0 Å². The fraction of sp³-hybridized carbons (Fsp3) is 0.500. The van der Waals surface area contributed by atoms with Gasteiger partial charge in [0.25, 0.3) is 0 Å². The van der Waals surface area contributed by atoms with Crippen LogP contribution in [-0.4, -0.2) is 18.1 Å². The number of hydrogen-bond donors (Lipinski definition) is 1. The van der Waals surface area contributed by atoms with Crippen molar-refractivity contribution in [2.75, 3.05) is 7.11 Å². The van der Waals surface area contributed by atoms with Crippen LogP contribution < -0.4 is 10.1 Å². The van der Waals surface area contributed by atoms with Crippen LogP contribution >= 0.6 is 0 Å². The molecule has 2 aliphatic rings. The minimum absolute atomic E-state index is 0.589. The summed E-state index contributed by atoms with van der Waals surface area (Å²) in [6.07, 6.45) is 9.41. The van der Waals surface area contributed by atoms with E-state index in [4.69, 9.17) is 4.74 Å². The number of nitrogens with zero attached hydrogens (tertiary/aromatic N) is 1. The molecule has 0 saturated heterocycles. The van der Waals surface area contributed by atoms with Crippen LogP contribution in [0.25, 0.3) is 0 Å². The predicted octanol–water partition coefficient (Wildman–Crippen LogP) is 4.46. The summed E-state index contributed by atoms with van der Waals surface area (Å²) in [6.45, 7) is 3.09. The monoisotopic (exact) mass is 336 g/mol. The van der Waals surface area contributed by atoms with Crippen molar-refractivity contribution in [3.8, 4) is 5.75 Å². The number of methoxy groups -OCH3 is 1. The summed E-state index contributed by atoms with van der Waals surface area (Å²) in [5.41, 5.74) is 4.10. The Morgan fingerprint density at radius 2 is 1.84 bits per heavy atom. The standard InChI is InChI=1S/C22H28N2O/c1-15-13-23-12-11-17(15)14-24-22-20-6-4-3-5-19(20)21(22)16-7-9-18(25-2)10-8-16/h7-13,19-22,24H,3-6,14H2,1-2H3/t19-,20+,21-,22-/m0/s1. The van der Waals surface area contributed by atoms with E-state index in [2.05, 4.69) is 47.6 Å². The highest BCUT2D eigenvalue weighted by Crippen LogP contribution is 2.54. The summed E-state index contributed by atoms with van der Waals surface area (Å²) < 4.78 is 5.33. The fourth-order valence-corrected chi connectivity index (χ4v) is 4.95. The molecule has 3 nitrogen and oxygen atoms in total. The van der Waals surface area contributed by atoms with Gasteiger partial charge in [0.05, 0.1) is 7.11 Å². The lowest BCUT2D eigenvalue weighted by molar-refractivity contribution is 0.0253. The Kier molecular flexibility index (Phi) is 4.76. The summed E-state index contributed by atoms with van der Waals surface area (Å²) in [7, 11) is 1.73. The van der Waals surface area contributed by atoms with E-state index in [0.717, 1.165) is 24.1 Å². The largest absolute Gasteiger partial charge is 0.497 e. The molecule has 0 amide bonds. The van der Waals surface area contributed by atoms with Crippen molar-refractivity contribution in [2.24, 2.45) is 11.8 Å². The summed E-state index contributed by atoms with van der Waals surface area (Å²) in [4.78, 5) is 4.21. The number of benzene rings is 1. The summed E-state index contributed by atoms with van der Waals surface area (Å²) in [5.74, 6) is 3.26. The third kappa shape index (κ3) is 3.18. The Morgan fingerprint density at radius 3 is 2.56 bits per heavy atom. The van der Waals surface area contributed by atoms with Crippen LogP contribution in [0.4, 0.5) is 0 Å². The molecule has 0 spiro atoms.